The second kappa shape index (κ2) is 6.39. The van der Waals surface area contributed by atoms with Crippen LogP contribution in [-0.4, -0.2) is 35.6 Å². The summed E-state index contributed by atoms with van der Waals surface area (Å²) in [7, 11) is 0. The lowest BCUT2D eigenvalue weighted by molar-refractivity contribution is -0.141. The molecule has 0 fully saturated rings. The molecule has 0 unspecified atom stereocenters. The molecular formula is C10H15BrN4O2. The molecule has 1 aromatic rings. The van der Waals surface area contributed by atoms with Crippen LogP contribution in [0.4, 0.5) is 11.8 Å². The SMILES string of the molecule is CCOC(=O)CN(CC)c1nc(N)cc(Br)n1. The predicted octanol–water partition coefficient (Wildman–Crippen LogP) is 1.21. The van der Waals surface area contributed by atoms with E-state index in [0.29, 0.717) is 29.5 Å². The van der Waals surface area contributed by atoms with Crippen LogP contribution in [0.3, 0.4) is 0 Å². The maximum absolute atomic E-state index is 11.4. The highest BCUT2D eigenvalue weighted by molar-refractivity contribution is 9.10. The number of carbonyl (C=O) groups excluding carboxylic acids is 1. The van der Waals surface area contributed by atoms with Gasteiger partial charge < -0.3 is 15.4 Å². The molecule has 0 saturated heterocycles. The standard InChI is InChI=1S/C10H15BrN4O2/c1-3-15(6-9(16)17-4-2)10-13-7(11)5-8(12)14-10/h5H,3-4,6H2,1-2H3,(H2,12,13,14). The molecule has 0 spiro atoms. The number of anilines is 2. The normalized spacial score (nSPS) is 10.1. The number of esters is 1. The first-order valence-electron chi connectivity index (χ1n) is 5.27. The van der Waals surface area contributed by atoms with Gasteiger partial charge in [0, 0.05) is 12.6 Å². The first-order valence-corrected chi connectivity index (χ1v) is 6.06. The van der Waals surface area contributed by atoms with Crippen molar-refractivity contribution >= 4 is 33.7 Å². The van der Waals surface area contributed by atoms with Crippen LogP contribution in [0.15, 0.2) is 10.7 Å². The summed E-state index contributed by atoms with van der Waals surface area (Å²) in [6.45, 7) is 4.73. The summed E-state index contributed by atoms with van der Waals surface area (Å²) in [5.74, 6) is 0.452. The molecule has 0 saturated carbocycles. The Kier molecular flexibility index (Phi) is 5.14. The lowest BCUT2D eigenvalue weighted by atomic mass is 10.5. The van der Waals surface area contributed by atoms with Crippen molar-refractivity contribution in [2.24, 2.45) is 0 Å². The number of ether oxygens (including phenoxy) is 1. The van der Waals surface area contributed by atoms with E-state index in [9.17, 15) is 4.79 Å². The minimum atomic E-state index is -0.309. The van der Waals surface area contributed by atoms with Crippen molar-refractivity contribution in [1.82, 2.24) is 9.97 Å². The number of aromatic nitrogens is 2. The Morgan fingerprint density at radius 1 is 1.53 bits per heavy atom. The number of likely N-dealkylation sites (N-methyl/N-ethyl adjacent to an activating group) is 1. The van der Waals surface area contributed by atoms with Crippen LogP contribution >= 0.6 is 15.9 Å². The highest BCUT2D eigenvalue weighted by atomic mass is 79.9. The van der Waals surface area contributed by atoms with Crippen LogP contribution in [0.5, 0.6) is 0 Å². The molecule has 7 heteroatoms. The van der Waals surface area contributed by atoms with E-state index in [1.807, 2.05) is 6.92 Å². The van der Waals surface area contributed by atoms with Crippen molar-refractivity contribution in [3.63, 3.8) is 0 Å². The van der Waals surface area contributed by atoms with Gasteiger partial charge in [0.25, 0.3) is 0 Å². The molecule has 0 aliphatic carbocycles. The summed E-state index contributed by atoms with van der Waals surface area (Å²) in [6.07, 6.45) is 0. The molecule has 0 aliphatic heterocycles. The highest BCUT2D eigenvalue weighted by Gasteiger charge is 2.14. The van der Waals surface area contributed by atoms with E-state index in [1.165, 1.54) is 0 Å². The Balaban J connectivity index is 2.82. The van der Waals surface area contributed by atoms with Gasteiger partial charge in [0.2, 0.25) is 5.95 Å². The monoisotopic (exact) mass is 302 g/mol. The van der Waals surface area contributed by atoms with E-state index in [0.717, 1.165) is 0 Å². The van der Waals surface area contributed by atoms with Gasteiger partial charge in [-0.15, -0.1) is 0 Å². The fourth-order valence-electron chi connectivity index (χ4n) is 1.25. The van der Waals surface area contributed by atoms with Gasteiger partial charge in [0.1, 0.15) is 17.0 Å². The molecule has 0 radical (unpaired) electrons. The summed E-state index contributed by atoms with van der Waals surface area (Å²) >= 11 is 3.23. The van der Waals surface area contributed by atoms with Crippen molar-refractivity contribution in [2.45, 2.75) is 13.8 Å². The van der Waals surface area contributed by atoms with E-state index < -0.39 is 0 Å². The number of hydrogen-bond donors (Lipinski definition) is 1. The molecule has 0 aromatic carbocycles. The van der Waals surface area contributed by atoms with E-state index >= 15 is 0 Å². The number of rotatable bonds is 5. The minimum absolute atomic E-state index is 0.111. The van der Waals surface area contributed by atoms with Gasteiger partial charge in [0.15, 0.2) is 0 Å². The Hall–Kier alpha value is -1.37. The third kappa shape index (κ3) is 4.18. The molecule has 6 nitrogen and oxygen atoms in total. The van der Waals surface area contributed by atoms with Gasteiger partial charge in [-0.2, -0.15) is 4.98 Å². The van der Waals surface area contributed by atoms with Crippen LogP contribution < -0.4 is 10.6 Å². The Morgan fingerprint density at radius 3 is 2.76 bits per heavy atom. The summed E-state index contributed by atoms with van der Waals surface area (Å²) in [4.78, 5) is 21.3. The molecule has 1 aromatic heterocycles. The second-order valence-corrected chi connectivity index (χ2v) is 4.05. The summed E-state index contributed by atoms with van der Waals surface area (Å²) in [6, 6.07) is 1.60. The number of halogens is 1. The van der Waals surface area contributed by atoms with Gasteiger partial charge in [0.05, 0.1) is 6.61 Å². The molecule has 0 amide bonds. The van der Waals surface area contributed by atoms with Crippen molar-refractivity contribution in [2.75, 3.05) is 30.3 Å². The van der Waals surface area contributed by atoms with Crippen LogP contribution in [-0.2, 0) is 9.53 Å². The van der Waals surface area contributed by atoms with Crippen LogP contribution in [0.2, 0.25) is 0 Å². The third-order valence-corrected chi connectivity index (χ3v) is 2.40. The molecular weight excluding hydrogens is 288 g/mol. The maximum atomic E-state index is 11.4. The number of nitrogen functional groups attached to an aromatic ring is 1. The summed E-state index contributed by atoms with van der Waals surface area (Å²) < 4.78 is 5.46. The topological polar surface area (TPSA) is 81.3 Å². The Morgan fingerprint density at radius 2 is 2.24 bits per heavy atom. The molecule has 17 heavy (non-hydrogen) atoms. The van der Waals surface area contributed by atoms with Gasteiger partial charge >= 0.3 is 5.97 Å². The van der Waals surface area contributed by atoms with Crippen molar-refractivity contribution < 1.29 is 9.53 Å². The second-order valence-electron chi connectivity index (χ2n) is 3.23. The van der Waals surface area contributed by atoms with Crippen molar-refractivity contribution in [3.05, 3.63) is 10.7 Å². The molecule has 0 aliphatic rings. The van der Waals surface area contributed by atoms with Crippen LogP contribution in [0.1, 0.15) is 13.8 Å². The van der Waals surface area contributed by atoms with Gasteiger partial charge in [-0.25, -0.2) is 4.98 Å². The molecule has 1 rings (SSSR count). The quantitative estimate of drug-likeness (QED) is 0.650. The van der Waals surface area contributed by atoms with Crippen molar-refractivity contribution in [3.8, 4) is 0 Å². The first-order chi connectivity index (χ1) is 8.06. The van der Waals surface area contributed by atoms with Crippen LogP contribution in [0, 0.1) is 0 Å². The lowest BCUT2D eigenvalue weighted by Gasteiger charge is -2.19. The van der Waals surface area contributed by atoms with Gasteiger partial charge in [-0.05, 0) is 29.8 Å². The molecule has 0 bridgehead atoms. The number of nitrogens with two attached hydrogens (primary N) is 1. The fourth-order valence-corrected chi connectivity index (χ4v) is 1.64. The van der Waals surface area contributed by atoms with Crippen LogP contribution in [0.25, 0.3) is 0 Å². The number of nitrogens with zero attached hydrogens (tertiary/aromatic N) is 3. The van der Waals surface area contributed by atoms with Gasteiger partial charge in [-0.1, -0.05) is 0 Å². The van der Waals surface area contributed by atoms with Crippen molar-refractivity contribution in [1.29, 1.82) is 0 Å². The average molecular weight is 303 g/mol. The smallest absolute Gasteiger partial charge is 0.325 e. The summed E-state index contributed by atoms with van der Waals surface area (Å²) in [5, 5.41) is 0. The molecule has 1 heterocycles. The zero-order valence-corrected chi connectivity index (χ0v) is 11.4. The average Bonchev–Trinajstić information content (AvgIpc) is 2.24. The van der Waals surface area contributed by atoms with E-state index in [4.69, 9.17) is 10.5 Å². The zero-order valence-electron chi connectivity index (χ0n) is 9.81. The maximum Gasteiger partial charge on any atom is 0.325 e. The Labute approximate surface area is 108 Å². The summed E-state index contributed by atoms with van der Waals surface area (Å²) in [5.41, 5.74) is 5.62. The molecule has 0 atom stereocenters. The first kappa shape index (κ1) is 13.7. The minimum Gasteiger partial charge on any atom is -0.465 e. The Bertz CT molecular complexity index is 380. The molecule has 2 N–H and O–H groups in total. The lowest BCUT2D eigenvalue weighted by Crippen LogP contribution is -2.32. The molecule has 94 valence electrons. The number of hydrogen-bond acceptors (Lipinski definition) is 6. The van der Waals surface area contributed by atoms with E-state index in [2.05, 4.69) is 25.9 Å². The largest absolute Gasteiger partial charge is 0.465 e. The highest BCUT2D eigenvalue weighted by Crippen LogP contribution is 2.15. The predicted molar refractivity (Wildman–Crippen MR) is 68.7 cm³/mol. The third-order valence-electron chi connectivity index (χ3n) is 1.99. The van der Waals surface area contributed by atoms with E-state index in [-0.39, 0.29) is 12.5 Å². The van der Waals surface area contributed by atoms with E-state index in [1.54, 1.807) is 17.9 Å². The van der Waals surface area contributed by atoms with Gasteiger partial charge in [-0.3, -0.25) is 4.79 Å². The fraction of sp³-hybridized carbons (Fsp3) is 0.500. The zero-order chi connectivity index (χ0) is 12.8. The number of carbonyl (C=O) groups is 1.